The van der Waals surface area contributed by atoms with Gasteiger partial charge in [-0.25, -0.2) is 4.79 Å². The van der Waals surface area contributed by atoms with Gasteiger partial charge in [0.25, 0.3) is 5.56 Å². The Hall–Kier alpha value is -1.59. The van der Waals surface area contributed by atoms with Crippen LogP contribution in [0.25, 0.3) is 0 Å². The van der Waals surface area contributed by atoms with Gasteiger partial charge in [0.15, 0.2) is 0 Å². The zero-order valence-electron chi connectivity index (χ0n) is 10.3. The van der Waals surface area contributed by atoms with Crippen LogP contribution in [0.5, 0.6) is 5.88 Å². The molecule has 1 aromatic heterocycles. The van der Waals surface area contributed by atoms with Crippen molar-refractivity contribution >= 4 is 0 Å². The molecule has 0 aromatic carbocycles. The minimum Gasteiger partial charge on any atom is -0.492 e. The Balaban J connectivity index is 2.43. The molecular formula is C12H17FN2O3. The zero-order chi connectivity index (χ0) is 13.3. The molecule has 1 heterocycles. The van der Waals surface area contributed by atoms with Crippen LogP contribution >= 0.6 is 0 Å². The van der Waals surface area contributed by atoms with E-state index in [4.69, 9.17) is 0 Å². The molecule has 0 atom stereocenters. The van der Waals surface area contributed by atoms with Crippen molar-refractivity contribution in [3.8, 4) is 5.88 Å². The van der Waals surface area contributed by atoms with Crippen LogP contribution in [0, 0.1) is 11.2 Å². The van der Waals surface area contributed by atoms with Gasteiger partial charge in [-0.05, 0) is 24.7 Å². The van der Waals surface area contributed by atoms with Gasteiger partial charge in [-0.1, -0.05) is 19.8 Å². The zero-order valence-corrected chi connectivity index (χ0v) is 10.3. The van der Waals surface area contributed by atoms with E-state index >= 15 is 0 Å². The van der Waals surface area contributed by atoms with E-state index in [1.807, 2.05) is 11.9 Å². The predicted molar refractivity (Wildman–Crippen MR) is 64.1 cm³/mol. The SMILES string of the molecule is CCC1(Cn2c(O)c(F)c(=O)[nH]c2=O)CCCC1. The number of aromatic amines is 1. The third-order valence-electron chi connectivity index (χ3n) is 4.02. The molecule has 1 fully saturated rings. The van der Waals surface area contributed by atoms with Crippen molar-refractivity contribution in [3.63, 3.8) is 0 Å². The molecule has 2 rings (SSSR count). The lowest BCUT2D eigenvalue weighted by molar-refractivity contribution is 0.215. The number of aromatic nitrogens is 2. The normalized spacial score (nSPS) is 18.1. The first kappa shape index (κ1) is 12.9. The average molecular weight is 256 g/mol. The van der Waals surface area contributed by atoms with E-state index in [9.17, 15) is 19.1 Å². The van der Waals surface area contributed by atoms with Crippen LogP contribution in [0.3, 0.4) is 0 Å². The smallest absolute Gasteiger partial charge is 0.331 e. The van der Waals surface area contributed by atoms with Gasteiger partial charge in [-0.15, -0.1) is 0 Å². The highest BCUT2D eigenvalue weighted by molar-refractivity contribution is 5.10. The Bertz CT molecular complexity index is 555. The Kier molecular flexibility index (Phi) is 3.28. The van der Waals surface area contributed by atoms with Crippen LogP contribution in [0.1, 0.15) is 39.0 Å². The Morgan fingerprint density at radius 3 is 2.56 bits per heavy atom. The third-order valence-corrected chi connectivity index (χ3v) is 4.02. The molecule has 1 aliphatic carbocycles. The van der Waals surface area contributed by atoms with Gasteiger partial charge in [-0.2, -0.15) is 4.39 Å². The quantitative estimate of drug-likeness (QED) is 0.857. The molecule has 0 amide bonds. The van der Waals surface area contributed by atoms with Crippen LogP contribution in [0.15, 0.2) is 9.59 Å². The highest BCUT2D eigenvalue weighted by Gasteiger charge is 2.33. The maximum Gasteiger partial charge on any atom is 0.331 e. The molecule has 6 heteroatoms. The van der Waals surface area contributed by atoms with E-state index < -0.39 is 22.9 Å². The van der Waals surface area contributed by atoms with Gasteiger partial charge in [-0.3, -0.25) is 14.3 Å². The van der Waals surface area contributed by atoms with Crippen molar-refractivity contribution in [2.45, 2.75) is 45.6 Å². The summed E-state index contributed by atoms with van der Waals surface area (Å²) >= 11 is 0. The van der Waals surface area contributed by atoms with Crippen molar-refractivity contribution in [1.29, 1.82) is 0 Å². The fraction of sp³-hybridized carbons (Fsp3) is 0.667. The van der Waals surface area contributed by atoms with E-state index in [1.165, 1.54) is 0 Å². The van der Waals surface area contributed by atoms with E-state index in [-0.39, 0.29) is 12.0 Å². The van der Waals surface area contributed by atoms with Crippen molar-refractivity contribution in [2.24, 2.45) is 5.41 Å². The molecule has 0 spiro atoms. The predicted octanol–water partition coefficient (Wildman–Crippen LogP) is 1.35. The molecule has 0 radical (unpaired) electrons. The Morgan fingerprint density at radius 1 is 1.39 bits per heavy atom. The summed E-state index contributed by atoms with van der Waals surface area (Å²) < 4.78 is 14.3. The molecule has 1 aromatic rings. The fourth-order valence-electron chi connectivity index (χ4n) is 2.77. The first-order chi connectivity index (χ1) is 8.49. The molecular weight excluding hydrogens is 239 g/mol. The van der Waals surface area contributed by atoms with E-state index in [0.717, 1.165) is 36.7 Å². The Morgan fingerprint density at radius 2 is 2.00 bits per heavy atom. The van der Waals surface area contributed by atoms with Crippen LogP contribution in [0.2, 0.25) is 0 Å². The van der Waals surface area contributed by atoms with Crippen molar-refractivity contribution in [1.82, 2.24) is 9.55 Å². The molecule has 1 saturated carbocycles. The molecule has 1 aliphatic rings. The molecule has 18 heavy (non-hydrogen) atoms. The summed E-state index contributed by atoms with van der Waals surface area (Å²) in [5, 5.41) is 9.60. The standard InChI is InChI=1S/C12H17FN2O3/c1-2-12(5-3-4-6-12)7-15-10(17)8(13)9(16)14-11(15)18/h17H,2-7H2,1H3,(H,14,16,18). The molecule has 0 bridgehead atoms. The fourth-order valence-corrected chi connectivity index (χ4v) is 2.77. The summed E-state index contributed by atoms with van der Waals surface area (Å²) in [6, 6.07) is 0. The summed E-state index contributed by atoms with van der Waals surface area (Å²) in [5.74, 6) is -2.15. The second-order valence-electron chi connectivity index (χ2n) is 5.04. The monoisotopic (exact) mass is 256 g/mol. The molecule has 5 nitrogen and oxygen atoms in total. The van der Waals surface area contributed by atoms with Crippen LogP contribution in [-0.4, -0.2) is 14.7 Å². The summed E-state index contributed by atoms with van der Waals surface area (Å²) in [6.07, 6.45) is 4.93. The van der Waals surface area contributed by atoms with E-state index in [2.05, 4.69) is 0 Å². The van der Waals surface area contributed by atoms with Crippen LogP contribution < -0.4 is 11.2 Å². The van der Waals surface area contributed by atoms with Gasteiger partial charge in [0.1, 0.15) is 0 Å². The average Bonchev–Trinajstić information content (AvgIpc) is 2.81. The number of nitrogens with one attached hydrogen (secondary N) is 1. The lowest BCUT2D eigenvalue weighted by Gasteiger charge is -2.28. The summed E-state index contributed by atoms with van der Waals surface area (Å²) in [4.78, 5) is 24.5. The highest BCUT2D eigenvalue weighted by atomic mass is 19.1. The molecule has 0 unspecified atom stereocenters. The Labute approximate surface area is 103 Å². The second kappa shape index (κ2) is 4.59. The van der Waals surface area contributed by atoms with Gasteiger partial charge < -0.3 is 5.11 Å². The first-order valence-electron chi connectivity index (χ1n) is 6.21. The van der Waals surface area contributed by atoms with Crippen molar-refractivity contribution in [3.05, 3.63) is 26.7 Å². The number of nitrogens with zero attached hydrogens (tertiary/aromatic N) is 1. The number of H-pyrrole nitrogens is 1. The minimum absolute atomic E-state index is 0.0774. The summed E-state index contributed by atoms with van der Waals surface area (Å²) in [5.41, 5.74) is -2.00. The van der Waals surface area contributed by atoms with Crippen molar-refractivity contribution < 1.29 is 9.50 Å². The van der Waals surface area contributed by atoms with Gasteiger partial charge >= 0.3 is 5.69 Å². The molecule has 100 valence electrons. The summed E-state index contributed by atoms with van der Waals surface area (Å²) in [6.45, 7) is 2.28. The highest BCUT2D eigenvalue weighted by Crippen LogP contribution is 2.42. The first-order valence-corrected chi connectivity index (χ1v) is 6.21. The third kappa shape index (κ3) is 2.07. The van der Waals surface area contributed by atoms with Crippen LogP contribution in [0.4, 0.5) is 4.39 Å². The summed E-state index contributed by atoms with van der Waals surface area (Å²) in [7, 11) is 0. The number of hydrogen-bond acceptors (Lipinski definition) is 3. The molecule has 2 N–H and O–H groups in total. The van der Waals surface area contributed by atoms with Gasteiger partial charge in [0, 0.05) is 6.54 Å². The topological polar surface area (TPSA) is 75.1 Å². The van der Waals surface area contributed by atoms with Gasteiger partial charge in [0.2, 0.25) is 11.7 Å². The van der Waals surface area contributed by atoms with Crippen molar-refractivity contribution in [2.75, 3.05) is 0 Å². The maximum absolute atomic E-state index is 13.3. The largest absolute Gasteiger partial charge is 0.492 e. The van der Waals surface area contributed by atoms with E-state index in [0.29, 0.717) is 0 Å². The molecule has 0 aliphatic heterocycles. The second-order valence-corrected chi connectivity index (χ2v) is 5.04. The number of rotatable bonds is 3. The van der Waals surface area contributed by atoms with Crippen LogP contribution in [-0.2, 0) is 6.54 Å². The number of halogens is 1. The number of hydrogen-bond donors (Lipinski definition) is 2. The van der Waals surface area contributed by atoms with E-state index in [1.54, 1.807) is 0 Å². The maximum atomic E-state index is 13.3. The molecule has 0 saturated heterocycles. The van der Waals surface area contributed by atoms with Gasteiger partial charge in [0.05, 0.1) is 0 Å². The lowest BCUT2D eigenvalue weighted by Crippen LogP contribution is -2.36. The number of aromatic hydroxyl groups is 1. The minimum atomic E-state index is -1.29. The lowest BCUT2D eigenvalue weighted by atomic mass is 9.83.